The van der Waals surface area contributed by atoms with E-state index in [9.17, 15) is 4.79 Å². The van der Waals surface area contributed by atoms with Gasteiger partial charge in [-0.25, -0.2) is 0 Å². The summed E-state index contributed by atoms with van der Waals surface area (Å²) in [6.07, 6.45) is 8.12. The Bertz CT molecular complexity index is 1280. The zero-order valence-electron chi connectivity index (χ0n) is 18.5. The van der Waals surface area contributed by atoms with Crippen molar-refractivity contribution in [3.63, 3.8) is 0 Å². The average molecular weight is 481 g/mol. The summed E-state index contributed by atoms with van der Waals surface area (Å²) in [5.41, 5.74) is 3.82. The van der Waals surface area contributed by atoms with Gasteiger partial charge in [0, 0.05) is 60.1 Å². The van der Waals surface area contributed by atoms with Gasteiger partial charge in [0.1, 0.15) is 0 Å². The SMILES string of the molecule is CN1CCN(c2c(-c3ccc(Cl)cc3Cl)c[nH]c2CCCn2cc3ccccc3c2)C(=O)C1. The molecule has 2 aromatic carbocycles. The molecule has 0 bridgehead atoms. The van der Waals surface area contributed by atoms with Crippen molar-refractivity contribution in [2.75, 3.05) is 31.6 Å². The maximum Gasteiger partial charge on any atom is 0.241 e. The Morgan fingerprint density at radius 2 is 1.76 bits per heavy atom. The minimum atomic E-state index is 0.104. The Balaban J connectivity index is 1.43. The molecular formula is C26H26Cl2N4O. The van der Waals surface area contributed by atoms with Crippen molar-refractivity contribution < 1.29 is 4.79 Å². The Labute approximate surface area is 203 Å². The lowest BCUT2D eigenvalue weighted by atomic mass is 10.0. The van der Waals surface area contributed by atoms with Crippen LogP contribution in [-0.2, 0) is 17.8 Å². The molecule has 1 aliphatic rings. The van der Waals surface area contributed by atoms with Gasteiger partial charge in [-0.2, -0.15) is 0 Å². The minimum absolute atomic E-state index is 0.104. The number of nitrogens with zero attached hydrogens (tertiary/aromatic N) is 3. The van der Waals surface area contributed by atoms with Crippen LogP contribution < -0.4 is 4.90 Å². The van der Waals surface area contributed by atoms with Gasteiger partial charge in [-0.1, -0.05) is 53.5 Å². The van der Waals surface area contributed by atoms with Crippen molar-refractivity contribution in [1.29, 1.82) is 0 Å². The molecule has 0 saturated carbocycles. The number of likely N-dealkylation sites (N-methyl/N-ethyl adjacent to an activating group) is 1. The maximum atomic E-state index is 13.0. The first-order chi connectivity index (χ1) is 16.0. The number of carbonyl (C=O) groups is 1. The summed E-state index contributed by atoms with van der Waals surface area (Å²) in [5, 5.41) is 3.67. The third kappa shape index (κ3) is 4.54. The van der Waals surface area contributed by atoms with E-state index in [1.165, 1.54) is 10.8 Å². The number of fused-ring (bicyclic) bond motifs is 1. The normalized spacial score (nSPS) is 15.0. The molecule has 5 nitrogen and oxygen atoms in total. The third-order valence-electron chi connectivity index (χ3n) is 6.28. The number of aromatic amines is 1. The number of hydrogen-bond acceptors (Lipinski definition) is 2. The number of benzene rings is 2. The zero-order chi connectivity index (χ0) is 22.9. The topological polar surface area (TPSA) is 44.3 Å². The van der Waals surface area contributed by atoms with Gasteiger partial charge >= 0.3 is 0 Å². The monoisotopic (exact) mass is 480 g/mol. The highest BCUT2D eigenvalue weighted by Crippen LogP contribution is 2.40. The first-order valence-electron chi connectivity index (χ1n) is 11.2. The van der Waals surface area contributed by atoms with Crippen molar-refractivity contribution in [2.24, 2.45) is 0 Å². The van der Waals surface area contributed by atoms with Gasteiger partial charge in [0.25, 0.3) is 0 Å². The van der Waals surface area contributed by atoms with E-state index in [0.717, 1.165) is 48.4 Å². The van der Waals surface area contributed by atoms with Gasteiger partial charge in [-0.15, -0.1) is 0 Å². The van der Waals surface area contributed by atoms with E-state index in [2.05, 4.69) is 51.1 Å². The van der Waals surface area contributed by atoms with Crippen LogP contribution in [-0.4, -0.2) is 47.0 Å². The number of piperazine rings is 1. The van der Waals surface area contributed by atoms with Gasteiger partial charge < -0.3 is 14.5 Å². The van der Waals surface area contributed by atoms with Gasteiger partial charge in [0.05, 0.1) is 17.3 Å². The molecule has 1 aliphatic heterocycles. The fraction of sp³-hybridized carbons (Fsp3) is 0.269. The maximum absolute atomic E-state index is 13.0. The summed E-state index contributed by atoms with van der Waals surface area (Å²) in [5.74, 6) is 0.104. The second kappa shape index (κ2) is 9.26. The van der Waals surface area contributed by atoms with Crippen LogP contribution in [0.1, 0.15) is 12.1 Å². The number of anilines is 1. The molecule has 0 atom stereocenters. The van der Waals surface area contributed by atoms with Crippen molar-refractivity contribution in [3.8, 4) is 11.1 Å². The molecule has 0 aliphatic carbocycles. The summed E-state index contributed by atoms with van der Waals surface area (Å²) < 4.78 is 2.24. The number of halogens is 2. The van der Waals surface area contributed by atoms with Crippen molar-refractivity contribution in [3.05, 3.63) is 76.8 Å². The van der Waals surface area contributed by atoms with E-state index in [4.69, 9.17) is 23.2 Å². The second-order valence-electron chi connectivity index (χ2n) is 8.67. The van der Waals surface area contributed by atoms with Crippen LogP contribution in [0.25, 0.3) is 21.9 Å². The first-order valence-corrected chi connectivity index (χ1v) is 11.9. The number of H-pyrrole nitrogens is 1. The van der Waals surface area contributed by atoms with Gasteiger partial charge in [-0.3, -0.25) is 9.69 Å². The number of rotatable bonds is 6. The largest absolute Gasteiger partial charge is 0.363 e. The van der Waals surface area contributed by atoms with E-state index in [0.29, 0.717) is 23.1 Å². The summed E-state index contributed by atoms with van der Waals surface area (Å²) in [7, 11) is 1.98. The lowest BCUT2D eigenvalue weighted by Crippen LogP contribution is -2.49. The van der Waals surface area contributed by atoms with Crippen LogP contribution in [0, 0.1) is 0 Å². The fourth-order valence-corrected chi connectivity index (χ4v) is 5.12. The molecule has 170 valence electrons. The van der Waals surface area contributed by atoms with Crippen LogP contribution in [0.5, 0.6) is 0 Å². The van der Waals surface area contributed by atoms with Crippen LogP contribution in [0.3, 0.4) is 0 Å². The highest BCUT2D eigenvalue weighted by Gasteiger charge is 2.28. The molecule has 1 N–H and O–H groups in total. The number of nitrogens with one attached hydrogen (secondary N) is 1. The van der Waals surface area contributed by atoms with Crippen LogP contribution in [0.2, 0.25) is 10.0 Å². The van der Waals surface area contributed by atoms with Crippen LogP contribution in [0.4, 0.5) is 5.69 Å². The van der Waals surface area contributed by atoms with E-state index in [1.807, 2.05) is 30.3 Å². The fourth-order valence-electron chi connectivity index (χ4n) is 4.61. The highest BCUT2D eigenvalue weighted by molar-refractivity contribution is 6.36. The Morgan fingerprint density at radius 3 is 2.45 bits per heavy atom. The molecule has 2 aromatic heterocycles. The van der Waals surface area contributed by atoms with Crippen LogP contribution >= 0.6 is 23.2 Å². The standard InChI is InChI=1S/C26H26Cl2N4O/c1-30-11-12-32(25(33)17-30)26-22(21-9-8-20(27)13-23(21)28)14-29-24(26)7-4-10-31-15-18-5-2-3-6-19(18)16-31/h2-3,5-6,8-9,13-16,29H,4,7,10-12,17H2,1H3. The van der Waals surface area contributed by atoms with Gasteiger partial charge in [0.15, 0.2) is 0 Å². The number of aryl methyl sites for hydroxylation is 2. The first kappa shape index (κ1) is 22.1. The predicted octanol–water partition coefficient (Wildman–Crippen LogP) is 5.85. The average Bonchev–Trinajstić information content (AvgIpc) is 3.38. The van der Waals surface area contributed by atoms with E-state index in [-0.39, 0.29) is 5.91 Å². The van der Waals surface area contributed by atoms with Crippen LogP contribution in [0.15, 0.2) is 61.1 Å². The molecule has 1 fully saturated rings. The molecule has 7 heteroatoms. The second-order valence-corrected chi connectivity index (χ2v) is 9.51. The van der Waals surface area contributed by atoms with Gasteiger partial charge in [-0.05, 0) is 42.8 Å². The molecule has 1 amide bonds. The Morgan fingerprint density at radius 1 is 1.00 bits per heavy atom. The lowest BCUT2D eigenvalue weighted by Gasteiger charge is -2.33. The van der Waals surface area contributed by atoms with E-state index < -0.39 is 0 Å². The molecule has 1 saturated heterocycles. The highest BCUT2D eigenvalue weighted by atomic mass is 35.5. The summed E-state index contributed by atoms with van der Waals surface area (Å²) in [6.45, 7) is 2.80. The van der Waals surface area contributed by atoms with Crippen molar-refractivity contribution in [2.45, 2.75) is 19.4 Å². The Hall–Kier alpha value is -2.73. The van der Waals surface area contributed by atoms with Crippen molar-refractivity contribution in [1.82, 2.24) is 14.5 Å². The number of aromatic nitrogens is 2. The molecule has 4 aromatic rings. The van der Waals surface area contributed by atoms with E-state index >= 15 is 0 Å². The molecule has 0 radical (unpaired) electrons. The van der Waals surface area contributed by atoms with E-state index in [1.54, 1.807) is 6.07 Å². The molecule has 3 heterocycles. The molecule has 33 heavy (non-hydrogen) atoms. The van der Waals surface area contributed by atoms with Gasteiger partial charge in [0.2, 0.25) is 5.91 Å². The quantitative estimate of drug-likeness (QED) is 0.375. The molecule has 0 spiro atoms. The third-order valence-corrected chi connectivity index (χ3v) is 6.83. The lowest BCUT2D eigenvalue weighted by molar-refractivity contribution is -0.120. The molecule has 0 unspecified atom stereocenters. The molecule has 5 rings (SSSR count). The summed E-state index contributed by atoms with van der Waals surface area (Å²) in [4.78, 5) is 20.4. The predicted molar refractivity (Wildman–Crippen MR) is 136 cm³/mol. The Kier molecular flexibility index (Phi) is 6.19. The number of carbonyl (C=O) groups excluding carboxylic acids is 1. The van der Waals surface area contributed by atoms with Crippen molar-refractivity contribution >= 4 is 45.6 Å². The number of hydrogen-bond donors (Lipinski definition) is 1. The molecular weight excluding hydrogens is 455 g/mol. The smallest absolute Gasteiger partial charge is 0.241 e. The summed E-state index contributed by atoms with van der Waals surface area (Å²) in [6, 6.07) is 13.9. The zero-order valence-corrected chi connectivity index (χ0v) is 20.0. The minimum Gasteiger partial charge on any atom is -0.363 e. The number of amides is 1. The summed E-state index contributed by atoms with van der Waals surface area (Å²) >= 11 is 12.7.